The van der Waals surface area contributed by atoms with Gasteiger partial charge in [0.25, 0.3) is 0 Å². The molecular weight excluding hydrogens is 825 g/mol. The minimum atomic E-state index is -2.23. The first-order chi connectivity index (χ1) is 35.7. The van der Waals surface area contributed by atoms with E-state index in [1.165, 1.54) is 67.3 Å². The van der Waals surface area contributed by atoms with Crippen molar-refractivity contribution in [1.29, 1.82) is 0 Å². The standard InChI is InChI=1S/4C16H20N/c2*1-11-9-13(3)17(5)16(10-11)15-8-6-7-12(2)14(15)4;2*1-11-7-6-8-12(2)15(11)16-13(3)9-10-14(4)17(16)5/h4*6-10H,1-5H3/q4*+1/i2D3,3D3;;4D3;. The van der Waals surface area contributed by atoms with E-state index in [2.05, 4.69) is 165 Å². The highest BCUT2D eigenvalue weighted by molar-refractivity contribution is 5.69. The van der Waals surface area contributed by atoms with Gasteiger partial charge >= 0.3 is 0 Å². The molecule has 4 heteroatoms. The maximum atomic E-state index is 7.69. The summed E-state index contributed by atoms with van der Waals surface area (Å²) in [4.78, 5) is 0. The second kappa shape index (κ2) is 22.5. The highest BCUT2D eigenvalue weighted by Crippen LogP contribution is 2.29. The Balaban J connectivity index is 0.000000191. The van der Waals surface area contributed by atoms with Crippen LogP contribution in [0, 0.1) is 111 Å². The van der Waals surface area contributed by atoms with Crippen LogP contribution in [0.5, 0.6) is 0 Å². The van der Waals surface area contributed by atoms with Crippen molar-refractivity contribution in [2.75, 3.05) is 0 Å². The van der Waals surface area contributed by atoms with Crippen molar-refractivity contribution in [3.8, 4) is 45.0 Å². The average molecular weight is 914 g/mol. The molecule has 0 fully saturated rings. The van der Waals surface area contributed by atoms with E-state index in [1.54, 1.807) is 47.4 Å². The average Bonchev–Trinajstić information content (AvgIpc) is 3.32. The van der Waals surface area contributed by atoms with Gasteiger partial charge in [0.05, 0.1) is 11.1 Å². The van der Waals surface area contributed by atoms with Crippen molar-refractivity contribution < 1.29 is 30.6 Å². The molecule has 0 saturated heterocycles. The number of pyridine rings is 4. The SMILES string of the molecule is Cc1cc(C)[n+](C)c(-c2cccc(C)c2C)c1.Cc1cccc(C)c1-c1c(C)ccc(C)[n+]1C.[2H]C([2H])([2H])c1ccc(C)c(-c2c(C)cccc2C)[n+]1C.[2H]C([2H])([2H])c1cccc(-c2cc(C)cc(C([2H])([2H])[2H])[n+]2C)c1C. The van der Waals surface area contributed by atoms with Crippen LogP contribution < -0.4 is 18.3 Å². The summed E-state index contributed by atoms with van der Waals surface area (Å²) >= 11 is 0. The molecule has 0 saturated carbocycles. The van der Waals surface area contributed by atoms with Gasteiger partial charge in [0, 0.05) is 98.5 Å². The number of rotatable bonds is 4. The minimum Gasteiger partial charge on any atom is -0.199 e. The van der Waals surface area contributed by atoms with Crippen LogP contribution in [0.4, 0.5) is 0 Å². The summed E-state index contributed by atoms with van der Waals surface area (Å²) in [5, 5.41) is 0. The summed E-state index contributed by atoms with van der Waals surface area (Å²) in [7, 11) is 7.79. The van der Waals surface area contributed by atoms with E-state index in [9.17, 15) is 0 Å². The van der Waals surface area contributed by atoms with Gasteiger partial charge in [-0.1, -0.05) is 60.7 Å². The maximum absolute atomic E-state index is 7.69. The van der Waals surface area contributed by atoms with E-state index in [1.807, 2.05) is 45.2 Å². The van der Waals surface area contributed by atoms with Gasteiger partial charge in [-0.2, -0.15) is 18.3 Å². The summed E-state index contributed by atoms with van der Waals surface area (Å²) < 4.78 is 77.0. The third-order valence-electron chi connectivity index (χ3n) is 13.4. The first-order valence-electron chi connectivity index (χ1n) is 27.9. The molecule has 0 N–H and O–H groups in total. The zero-order chi connectivity index (χ0) is 57.8. The van der Waals surface area contributed by atoms with Gasteiger partial charge in [-0.05, 0) is 163 Å². The van der Waals surface area contributed by atoms with Gasteiger partial charge in [0.1, 0.15) is 28.2 Å². The molecule has 0 radical (unpaired) electrons. The van der Waals surface area contributed by atoms with Crippen LogP contribution in [0.2, 0.25) is 0 Å². The number of aryl methyl sites for hydroxylation is 14. The number of aromatic nitrogens is 4. The Morgan fingerprint density at radius 3 is 1.13 bits per heavy atom. The van der Waals surface area contributed by atoms with Crippen LogP contribution in [-0.4, -0.2) is 0 Å². The Bertz CT molecular complexity index is 3410. The third kappa shape index (κ3) is 11.8. The predicted octanol–water partition coefficient (Wildman–Crippen LogP) is 13.6. The Morgan fingerprint density at radius 2 is 0.676 bits per heavy atom. The van der Waals surface area contributed by atoms with Crippen LogP contribution in [0.1, 0.15) is 102 Å². The topological polar surface area (TPSA) is 15.5 Å². The molecule has 4 aromatic heterocycles. The Morgan fingerprint density at radius 1 is 0.309 bits per heavy atom. The van der Waals surface area contributed by atoms with Crippen LogP contribution in [0.15, 0.2) is 121 Å². The number of nitrogens with zero attached hydrogens (tertiary/aromatic N) is 4. The van der Waals surface area contributed by atoms with Crippen LogP contribution in [0.25, 0.3) is 45.0 Å². The van der Waals surface area contributed by atoms with Crippen molar-refractivity contribution in [3.05, 3.63) is 211 Å². The molecule has 0 atom stereocenters. The Labute approximate surface area is 424 Å². The quantitative estimate of drug-likeness (QED) is 0.156. The van der Waals surface area contributed by atoms with E-state index in [4.69, 9.17) is 12.3 Å². The van der Waals surface area contributed by atoms with E-state index in [0.29, 0.717) is 17.0 Å². The monoisotopic (exact) mass is 914 g/mol. The lowest BCUT2D eigenvalue weighted by Crippen LogP contribution is -2.35. The minimum absolute atomic E-state index is 0.228. The summed E-state index contributed by atoms with van der Waals surface area (Å²) in [5.41, 5.74) is 25.2. The lowest BCUT2D eigenvalue weighted by Gasteiger charge is -2.11. The smallest absolute Gasteiger partial charge is 0.199 e. The van der Waals surface area contributed by atoms with Gasteiger partial charge in [-0.15, -0.1) is 0 Å². The molecule has 0 aliphatic carbocycles. The van der Waals surface area contributed by atoms with Gasteiger partial charge < -0.3 is 0 Å². The van der Waals surface area contributed by atoms with Crippen molar-refractivity contribution in [2.45, 2.75) is 111 Å². The Kier molecular flexibility index (Phi) is 13.4. The van der Waals surface area contributed by atoms with Crippen LogP contribution >= 0.6 is 0 Å². The molecule has 0 spiro atoms. The maximum Gasteiger partial charge on any atom is 0.215 e. The molecule has 4 nitrogen and oxygen atoms in total. The summed E-state index contributed by atoms with van der Waals surface area (Å²) in [6, 6.07) is 40.2. The summed E-state index contributed by atoms with van der Waals surface area (Å²) in [6.45, 7) is 20.6. The second-order valence-corrected chi connectivity index (χ2v) is 18.6. The molecule has 68 heavy (non-hydrogen) atoms. The predicted molar refractivity (Wildman–Crippen MR) is 288 cm³/mol. The van der Waals surface area contributed by atoms with Gasteiger partial charge in [-0.3, -0.25) is 0 Å². The molecule has 0 bridgehead atoms. The van der Waals surface area contributed by atoms with Gasteiger partial charge in [0.2, 0.25) is 22.8 Å². The van der Waals surface area contributed by atoms with Crippen molar-refractivity contribution >= 4 is 0 Å². The second-order valence-electron chi connectivity index (χ2n) is 18.6. The molecule has 0 amide bonds. The molecule has 8 aromatic rings. The van der Waals surface area contributed by atoms with Crippen LogP contribution in [0.3, 0.4) is 0 Å². The lowest BCUT2D eigenvalue weighted by atomic mass is 9.96. The number of hydrogen-bond donors (Lipinski definition) is 0. The number of benzene rings is 4. The zero-order valence-electron chi connectivity index (χ0n) is 52.8. The molecule has 352 valence electrons. The van der Waals surface area contributed by atoms with Gasteiger partial charge in [0.15, 0.2) is 22.8 Å². The fourth-order valence-corrected chi connectivity index (χ4v) is 8.99. The summed E-state index contributed by atoms with van der Waals surface area (Å²) in [5.74, 6) is 0. The first-order valence-corrected chi connectivity index (χ1v) is 23.4. The fraction of sp³-hybridized carbons (Fsp3) is 0.312. The van der Waals surface area contributed by atoms with Crippen molar-refractivity contribution in [3.63, 3.8) is 0 Å². The molecule has 0 unspecified atom stereocenters. The molecule has 4 heterocycles. The zero-order valence-corrected chi connectivity index (χ0v) is 43.8. The first kappa shape index (κ1) is 40.5. The van der Waals surface area contributed by atoms with Crippen molar-refractivity contribution in [2.24, 2.45) is 28.2 Å². The normalized spacial score (nSPS) is 13.2. The highest BCUT2D eigenvalue weighted by Gasteiger charge is 2.21. The van der Waals surface area contributed by atoms with Gasteiger partial charge in [-0.25, -0.2) is 0 Å². The van der Waals surface area contributed by atoms with E-state index >= 15 is 0 Å². The molecular formula is C64H80N4+4. The highest BCUT2D eigenvalue weighted by atomic mass is 15.0. The Hall–Kier alpha value is -6.52. The molecule has 0 aliphatic rings. The van der Waals surface area contributed by atoms with E-state index in [-0.39, 0.29) is 11.3 Å². The number of hydrogen-bond acceptors (Lipinski definition) is 0. The summed E-state index contributed by atoms with van der Waals surface area (Å²) in [6.07, 6.45) is 0. The van der Waals surface area contributed by atoms with Crippen molar-refractivity contribution in [1.82, 2.24) is 0 Å². The lowest BCUT2D eigenvalue weighted by molar-refractivity contribution is -0.667. The third-order valence-corrected chi connectivity index (χ3v) is 13.4. The van der Waals surface area contributed by atoms with E-state index in [0.717, 1.165) is 39.1 Å². The largest absolute Gasteiger partial charge is 0.215 e. The molecule has 4 aromatic carbocycles. The molecule has 8 rings (SSSR count). The molecule has 0 aliphatic heterocycles. The van der Waals surface area contributed by atoms with E-state index < -0.39 is 20.6 Å². The van der Waals surface area contributed by atoms with Crippen LogP contribution in [-0.2, 0) is 28.2 Å². The fourth-order valence-electron chi connectivity index (χ4n) is 8.99.